The Morgan fingerprint density at radius 3 is 1.21 bits per heavy atom. The molecule has 0 spiro atoms. The van der Waals surface area contributed by atoms with Crippen molar-refractivity contribution < 1.29 is 91.4 Å². The number of fused-ring (bicyclic) bond motifs is 3. The molecule has 5 aromatic carbocycles. The van der Waals surface area contributed by atoms with E-state index >= 15 is 0 Å². The minimum atomic E-state index is -1.09. The number of rotatable bonds is 25. The largest absolute Gasteiger partial charge is 0.481 e. The smallest absolute Gasteiger partial charge is 0.358 e. The Balaban J connectivity index is 0.000000229. The number of benzene rings is 5. The third-order valence-electron chi connectivity index (χ3n) is 14.5. The number of nitrogens with two attached hydrogens (primary N) is 3. The van der Waals surface area contributed by atoms with Gasteiger partial charge in [0.25, 0.3) is 29.5 Å². The number of Topliss-reactive ketones (excluding diaryl/α,β-unsaturated/α-hetero) is 2. The Bertz CT molecular complexity index is 4440. The van der Waals surface area contributed by atoms with Crippen molar-refractivity contribution in [3.63, 3.8) is 0 Å². The second-order valence-electron chi connectivity index (χ2n) is 23.0. The molecule has 108 heavy (non-hydrogen) atoms. The molecule has 32 nitrogen and oxygen atoms in total. The van der Waals surface area contributed by atoms with Crippen LogP contribution in [0.25, 0.3) is 22.6 Å². The quantitative estimate of drug-likeness (QED) is 0.0117. The summed E-state index contributed by atoms with van der Waals surface area (Å²) in [6.07, 6.45) is 5.21. The van der Waals surface area contributed by atoms with E-state index in [1.807, 2.05) is 74.5 Å². The van der Waals surface area contributed by atoms with Gasteiger partial charge in [-0.15, -0.1) is 43.1 Å². The van der Waals surface area contributed by atoms with Crippen molar-refractivity contribution in [2.24, 2.45) is 17.2 Å². The Morgan fingerprint density at radius 2 is 0.852 bits per heavy atom. The van der Waals surface area contributed by atoms with Crippen molar-refractivity contribution >= 4 is 99.5 Å². The van der Waals surface area contributed by atoms with Crippen LogP contribution in [-0.4, -0.2) is 178 Å². The van der Waals surface area contributed by atoms with Crippen LogP contribution in [0.5, 0.6) is 0 Å². The molecule has 0 fully saturated rings. The number of carboxylic acids is 3. The first-order chi connectivity index (χ1) is 51.8. The number of ketones is 2. The van der Waals surface area contributed by atoms with Gasteiger partial charge in [0.05, 0.1) is 46.5 Å². The summed E-state index contributed by atoms with van der Waals surface area (Å²) < 4.78 is 14.5. The molecule has 12 rings (SSSR count). The van der Waals surface area contributed by atoms with Crippen LogP contribution < -0.4 is 27.8 Å². The maximum Gasteiger partial charge on any atom is 0.358 e. The minimum absolute atomic E-state index is 0.0164. The van der Waals surface area contributed by atoms with E-state index in [1.54, 1.807) is 102 Å². The molecular formula is C74H81N13O19S2. The van der Waals surface area contributed by atoms with E-state index in [4.69, 9.17) is 41.6 Å². The maximum absolute atomic E-state index is 12.1. The van der Waals surface area contributed by atoms with Crippen LogP contribution in [0.1, 0.15) is 168 Å². The number of hydrogen-bond acceptors (Lipinski definition) is 27. The zero-order valence-electron chi connectivity index (χ0n) is 59.4. The van der Waals surface area contributed by atoms with Crippen molar-refractivity contribution in [1.29, 1.82) is 0 Å². The zero-order chi connectivity index (χ0) is 79.1. The maximum atomic E-state index is 12.1. The van der Waals surface area contributed by atoms with Crippen molar-refractivity contribution in [3.05, 3.63) is 210 Å². The average Bonchev–Trinajstić information content (AvgIpc) is 1.66. The Hall–Kier alpha value is -12.4. The van der Waals surface area contributed by atoms with Gasteiger partial charge in [-0.05, 0) is 102 Å². The lowest BCUT2D eigenvalue weighted by atomic mass is 10.1. The van der Waals surface area contributed by atoms with E-state index in [9.17, 15) is 62.3 Å². The highest BCUT2D eigenvalue weighted by molar-refractivity contribution is 7.11. The first-order valence-electron chi connectivity index (χ1n) is 33.5. The third kappa shape index (κ3) is 28.9. The number of aromatic carboxylic acids is 1. The standard InChI is InChI=1S/C16H16N4O2S.C15H16N2O4.C12H11NO4.C10H7NO3.C8H4O3.C6H11N3S.C4H9NO2.C3H7NO/c1-11-18-19-15(23-11)8-5-9-17-16(21)13-10-14(22-20-13)12-6-3-2-4-7-12;1-10(18)16-9-11(19)5-4-8-17-14(20)12-6-2-3-7-13(12)15(17)21;14-10(15)6-3-7-13-11(16)8-4-1-2-5-9(8)12(13)17;12-10(13)8-6-9(14-11-8)7-4-2-1-3-5-7;9-7-5-3-1-2-4-6(5)8(10)11-7;1-5-8-9-6(10-5)3-2-4-7;5-3-1-2-4(6)7;1-3(5)2-4/h2-4,6-7,10H,5,8-9H2,1H3,(H,17,21);2-3,6-7H,4-5,8-9H2,1H3,(H,16,18);1-2,4-5H,3,6-7H2,(H,14,15);1-6H,(H,12,13);1-4H;2-4,7H2,1H3;1-3,5H2,(H,6,7);2,4H2,1H3. The van der Waals surface area contributed by atoms with Gasteiger partial charge < -0.3 is 56.9 Å². The van der Waals surface area contributed by atoms with Crippen LogP contribution in [-0.2, 0) is 41.6 Å². The van der Waals surface area contributed by atoms with E-state index in [2.05, 4.69) is 46.1 Å². The fourth-order valence-corrected chi connectivity index (χ4v) is 10.7. The molecule has 0 saturated carbocycles. The van der Waals surface area contributed by atoms with E-state index in [1.165, 1.54) is 19.9 Å². The fourth-order valence-electron chi connectivity index (χ4n) is 9.20. The van der Waals surface area contributed by atoms with Gasteiger partial charge in [-0.1, -0.05) is 107 Å². The lowest BCUT2D eigenvalue weighted by Gasteiger charge is -2.13. The van der Waals surface area contributed by atoms with Gasteiger partial charge in [-0.2, -0.15) is 0 Å². The lowest BCUT2D eigenvalue weighted by molar-refractivity contribution is -0.138. The molecule has 3 aliphatic heterocycles. The molecule has 0 atom stereocenters. The number of esters is 2. The van der Waals surface area contributed by atoms with E-state index in [0.717, 1.165) is 73.2 Å². The van der Waals surface area contributed by atoms with Gasteiger partial charge >= 0.3 is 29.8 Å². The summed E-state index contributed by atoms with van der Waals surface area (Å²) in [7, 11) is 0. The summed E-state index contributed by atoms with van der Waals surface area (Å²) in [6, 6.07) is 41.6. The number of carboxylic acid groups (broad SMARTS) is 3. The molecule has 6 amide bonds. The second-order valence-corrected chi connectivity index (χ2v) is 25.5. The van der Waals surface area contributed by atoms with Crippen LogP contribution in [0, 0.1) is 13.8 Å². The molecule has 7 heterocycles. The first kappa shape index (κ1) is 86.3. The summed E-state index contributed by atoms with van der Waals surface area (Å²) in [5.74, 6) is -4.73. The number of aryl methyl sites for hydroxylation is 4. The molecule has 0 radical (unpaired) electrons. The summed E-state index contributed by atoms with van der Waals surface area (Å²) in [5.41, 5.74) is 19.4. The molecule has 568 valence electrons. The second kappa shape index (κ2) is 45.8. The highest BCUT2D eigenvalue weighted by Crippen LogP contribution is 2.26. The molecule has 0 saturated heterocycles. The summed E-state index contributed by atoms with van der Waals surface area (Å²) >= 11 is 3.23. The molecule has 11 N–H and O–H groups in total. The Kier molecular flexibility index (Phi) is 36.6. The molecule has 0 aliphatic carbocycles. The molecule has 9 aromatic rings. The topological polar surface area (TPSA) is 504 Å². The van der Waals surface area contributed by atoms with Crippen LogP contribution in [0.4, 0.5) is 0 Å². The SMILES string of the molecule is CC(=O)CN.CC(=O)NCC(=O)CCCN1C(=O)c2ccccc2C1=O.Cc1nnc(CCCN)s1.Cc1nnc(CCCNC(=O)c2cc(-c3ccccc3)on2)s1.NCCCC(=O)O.O=C(O)CCCN1C(=O)c2ccccc2C1=O.O=C(O)c1cc(-c2ccccc2)on1.O=C1OC(=O)c2ccccc21. The highest BCUT2D eigenvalue weighted by Gasteiger charge is 2.36. The predicted octanol–water partition coefficient (Wildman–Crippen LogP) is 7.90. The number of cyclic esters (lactones) is 2. The van der Waals surface area contributed by atoms with Crippen LogP contribution in [0.15, 0.2) is 155 Å². The normalized spacial score (nSPS) is 11.7. The molecular weight excluding hydrogens is 1440 g/mol. The van der Waals surface area contributed by atoms with Crippen LogP contribution in [0.3, 0.4) is 0 Å². The van der Waals surface area contributed by atoms with Crippen molar-refractivity contribution in [1.82, 2.24) is 51.1 Å². The van der Waals surface area contributed by atoms with Crippen LogP contribution in [0.2, 0.25) is 0 Å². The molecule has 0 bridgehead atoms. The van der Waals surface area contributed by atoms with Gasteiger partial charge in [0, 0.05) is 81.9 Å². The van der Waals surface area contributed by atoms with E-state index in [0.29, 0.717) is 70.8 Å². The molecule has 34 heteroatoms. The Labute approximate surface area is 627 Å². The van der Waals surface area contributed by atoms with Gasteiger partial charge in [0.15, 0.2) is 28.7 Å². The van der Waals surface area contributed by atoms with Crippen molar-refractivity contribution in [2.75, 3.05) is 45.8 Å². The number of aliphatic carboxylic acids is 2. The van der Waals surface area contributed by atoms with Gasteiger partial charge in [-0.3, -0.25) is 57.7 Å². The monoisotopic (exact) mass is 1520 g/mol. The fraction of sp³-hybridized carbons (Fsp3) is 0.284. The molecule has 3 aliphatic rings. The molecule has 0 unspecified atom stereocenters. The number of carbonyl (C=O) groups is 13. The van der Waals surface area contributed by atoms with Gasteiger partial charge in [0.1, 0.15) is 25.8 Å². The number of carbonyl (C=O) groups excluding carboxylic acids is 10. The van der Waals surface area contributed by atoms with E-state index in [-0.39, 0.29) is 110 Å². The highest BCUT2D eigenvalue weighted by atomic mass is 32.1. The molecule has 4 aromatic heterocycles. The first-order valence-corrected chi connectivity index (χ1v) is 35.1. The Morgan fingerprint density at radius 1 is 0.472 bits per heavy atom. The van der Waals surface area contributed by atoms with Crippen molar-refractivity contribution in [3.8, 4) is 22.6 Å². The van der Waals surface area contributed by atoms with Gasteiger partial charge in [0.2, 0.25) is 5.91 Å². The average molecular weight is 1520 g/mol. The van der Waals surface area contributed by atoms with Crippen LogP contribution >= 0.6 is 22.7 Å². The number of aromatic nitrogens is 6. The lowest BCUT2D eigenvalue weighted by Crippen LogP contribution is -2.32. The van der Waals surface area contributed by atoms with Gasteiger partial charge in [-0.25, -0.2) is 14.4 Å². The zero-order valence-corrected chi connectivity index (χ0v) is 61.0. The van der Waals surface area contributed by atoms with E-state index < -0.39 is 29.8 Å². The number of hydrogen-bond donors (Lipinski definition) is 8. The van der Waals surface area contributed by atoms with Crippen molar-refractivity contribution in [2.45, 2.75) is 91.9 Å². The summed E-state index contributed by atoms with van der Waals surface area (Å²) in [4.78, 5) is 146. The summed E-state index contributed by atoms with van der Waals surface area (Å²) in [5, 5.41) is 57.6. The number of amides is 6. The minimum Gasteiger partial charge on any atom is -0.481 e. The number of nitrogens with one attached hydrogen (secondary N) is 2. The number of imide groups is 2. The number of nitrogens with zero attached hydrogens (tertiary/aromatic N) is 8. The third-order valence-corrected chi connectivity index (χ3v) is 16.3. The predicted molar refractivity (Wildman–Crippen MR) is 393 cm³/mol. The number of ether oxygens (including phenoxy) is 1. The summed E-state index contributed by atoms with van der Waals surface area (Å²) in [6.45, 7) is 8.96.